The molecule has 3 aromatic carbocycles. The Morgan fingerprint density at radius 2 is 1.25 bits per heavy atom. The van der Waals surface area contributed by atoms with Gasteiger partial charge in [-0.1, -0.05) is 91.0 Å². The lowest BCUT2D eigenvalue weighted by atomic mass is 9.76. The molecular formula is C24H24N2O2. The van der Waals surface area contributed by atoms with Gasteiger partial charge >= 0.3 is 0 Å². The highest BCUT2D eigenvalue weighted by molar-refractivity contribution is 5.84. The quantitative estimate of drug-likeness (QED) is 0.604. The van der Waals surface area contributed by atoms with Crippen molar-refractivity contribution < 1.29 is 9.90 Å². The molecular weight excluding hydrogens is 348 g/mol. The molecule has 1 aliphatic rings. The Hall–Kier alpha value is -2.95. The van der Waals surface area contributed by atoms with Gasteiger partial charge in [0.2, 0.25) is 5.91 Å². The van der Waals surface area contributed by atoms with E-state index in [0.29, 0.717) is 13.0 Å². The lowest BCUT2D eigenvalue weighted by Crippen LogP contribution is -2.53. The number of hydrogen-bond acceptors (Lipinski definition) is 3. The summed E-state index contributed by atoms with van der Waals surface area (Å²) in [6.07, 6.45) is -0.0735. The van der Waals surface area contributed by atoms with E-state index in [1.165, 1.54) is 0 Å². The second-order valence-corrected chi connectivity index (χ2v) is 7.19. The van der Waals surface area contributed by atoms with Crippen molar-refractivity contribution in [2.24, 2.45) is 0 Å². The van der Waals surface area contributed by atoms with E-state index in [9.17, 15) is 9.90 Å². The van der Waals surface area contributed by atoms with Crippen LogP contribution in [0.25, 0.3) is 0 Å². The highest BCUT2D eigenvalue weighted by atomic mass is 16.3. The number of hydrogen-bond donors (Lipinski definition) is 3. The molecule has 0 aliphatic carbocycles. The smallest absolute Gasteiger partial charge is 0.238 e. The van der Waals surface area contributed by atoms with Crippen molar-refractivity contribution in [1.29, 1.82) is 0 Å². The molecule has 4 rings (SSSR count). The Kier molecular flexibility index (Phi) is 5.24. The molecule has 0 bridgehead atoms. The SMILES string of the molecule is O=C(NC(c1ccccc1)(c1ccccc1)c1ccccc1)[C@@H]1C[C@@H](O)CN1. The van der Waals surface area contributed by atoms with Crippen LogP contribution < -0.4 is 10.6 Å². The summed E-state index contributed by atoms with van der Waals surface area (Å²) in [6.45, 7) is 0.438. The van der Waals surface area contributed by atoms with Crippen LogP contribution >= 0.6 is 0 Å². The molecule has 1 saturated heterocycles. The number of amides is 1. The van der Waals surface area contributed by atoms with Crippen LogP contribution in [0, 0.1) is 0 Å². The van der Waals surface area contributed by atoms with Crippen molar-refractivity contribution in [3.63, 3.8) is 0 Å². The van der Waals surface area contributed by atoms with E-state index in [4.69, 9.17) is 0 Å². The maximum atomic E-state index is 13.2. The summed E-state index contributed by atoms with van der Waals surface area (Å²) in [5.74, 6) is -0.117. The number of aliphatic hydroxyl groups is 1. The number of β-amino-alcohol motifs (C(OH)–C–C–N with tert-alkyl or cyclic N) is 1. The van der Waals surface area contributed by atoms with Crippen molar-refractivity contribution in [3.05, 3.63) is 108 Å². The van der Waals surface area contributed by atoms with Crippen molar-refractivity contribution in [3.8, 4) is 0 Å². The van der Waals surface area contributed by atoms with E-state index < -0.39 is 17.7 Å². The van der Waals surface area contributed by atoms with Gasteiger partial charge in [-0.05, 0) is 23.1 Å². The first-order chi connectivity index (χ1) is 13.7. The molecule has 4 heteroatoms. The summed E-state index contributed by atoms with van der Waals surface area (Å²) in [4.78, 5) is 13.2. The summed E-state index contributed by atoms with van der Waals surface area (Å²) < 4.78 is 0. The molecule has 1 heterocycles. The molecule has 1 fully saturated rings. The largest absolute Gasteiger partial charge is 0.392 e. The van der Waals surface area contributed by atoms with Crippen LogP contribution in [-0.2, 0) is 10.3 Å². The topological polar surface area (TPSA) is 61.4 Å². The predicted octanol–water partition coefficient (Wildman–Crippen LogP) is 2.82. The minimum Gasteiger partial charge on any atom is -0.392 e. The van der Waals surface area contributed by atoms with Gasteiger partial charge in [0.05, 0.1) is 12.1 Å². The first kappa shape index (κ1) is 18.4. The molecule has 4 nitrogen and oxygen atoms in total. The molecule has 0 spiro atoms. The molecule has 1 amide bonds. The fraction of sp³-hybridized carbons (Fsp3) is 0.208. The molecule has 0 saturated carbocycles. The Labute approximate surface area is 165 Å². The fourth-order valence-electron chi connectivity index (χ4n) is 3.97. The van der Waals surface area contributed by atoms with Crippen molar-refractivity contribution in [1.82, 2.24) is 10.6 Å². The van der Waals surface area contributed by atoms with Gasteiger partial charge in [0.15, 0.2) is 0 Å². The zero-order chi connectivity index (χ0) is 19.4. The molecule has 2 atom stereocenters. The van der Waals surface area contributed by atoms with E-state index in [2.05, 4.69) is 10.6 Å². The van der Waals surface area contributed by atoms with Crippen LogP contribution in [0.3, 0.4) is 0 Å². The van der Waals surface area contributed by atoms with Crippen LogP contribution in [0.4, 0.5) is 0 Å². The summed E-state index contributed by atoms with van der Waals surface area (Å²) in [6, 6.07) is 29.7. The van der Waals surface area contributed by atoms with Gasteiger partial charge in [-0.3, -0.25) is 4.79 Å². The van der Waals surface area contributed by atoms with Crippen LogP contribution in [0.15, 0.2) is 91.0 Å². The van der Waals surface area contributed by atoms with Gasteiger partial charge in [-0.2, -0.15) is 0 Å². The van der Waals surface area contributed by atoms with Crippen LogP contribution in [0.1, 0.15) is 23.1 Å². The van der Waals surface area contributed by atoms with E-state index in [-0.39, 0.29) is 5.91 Å². The lowest BCUT2D eigenvalue weighted by Gasteiger charge is -2.37. The van der Waals surface area contributed by atoms with Gasteiger partial charge in [0.25, 0.3) is 0 Å². The van der Waals surface area contributed by atoms with Crippen molar-refractivity contribution >= 4 is 5.91 Å². The third kappa shape index (κ3) is 3.44. The number of nitrogens with one attached hydrogen (secondary N) is 2. The van der Waals surface area contributed by atoms with E-state index >= 15 is 0 Å². The number of benzene rings is 3. The van der Waals surface area contributed by atoms with Crippen molar-refractivity contribution in [2.75, 3.05) is 6.54 Å². The van der Waals surface area contributed by atoms with Gasteiger partial charge in [0.1, 0.15) is 5.54 Å². The van der Waals surface area contributed by atoms with Crippen LogP contribution in [-0.4, -0.2) is 29.7 Å². The minimum absolute atomic E-state index is 0.117. The minimum atomic E-state index is -0.823. The zero-order valence-electron chi connectivity index (χ0n) is 15.6. The molecule has 0 unspecified atom stereocenters. The van der Waals surface area contributed by atoms with Crippen LogP contribution in [0.2, 0.25) is 0 Å². The second-order valence-electron chi connectivity index (χ2n) is 7.19. The molecule has 1 aliphatic heterocycles. The Morgan fingerprint density at radius 1 is 0.821 bits per heavy atom. The Morgan fingerprint density at radius 3 is 1.61 bits per heavy atom. The number of carbonyl (C=O) groups excluding carboxylic acids is 1. The average molecular weight is 372 g/mol. The monoisotopic (exact) mass is 372 g/mol. The van der Waals surface area contributed by atoms with Gasteiger partial charge in [-0.25, -0.2) is 0 Å². The Balaban J connectivity index is 1.87. The van der Waals surface area contributed by atoms with E-state index in [0.717, 1.165) is 16.7 Å². The summed E-state index contributed by atoms with van der Waals surface area (Å²) >= 11 is 0. The maximum absolute atomic E-state index is 13.2. The van der Waals surface area contributed by atoms with Gasteiger partial charge < -0.3 is 15.7 Å². The highest BCUT2D eigenvalue weighted by Crippen LogP contribution is 2.37. The third-order valence-electron chi connectivity index (χ3n) is 5.36. The van der Waals surface area contributed by atoms with E-state index in [1.54, 1.807) is 0 Å². The Bertz CT molecular complexity index is 816. The average Bonchev–Trinajstić information content (AvgIpc) is 3.20. The molecule has 0 aromatic heterocycles. The maximum Gasteiger partial charge on any atom is 0.238 e. The summed E-state index contributed by atoms with van der Waals surface area (Å²) in [7, 11) is 0. The van der Waals surface area contributed by atoms with Crippen molar-refractivity contribution in [2.45, 2.75) is 24.1 Å². The number of aliphatic hydroxyl groups excluding tert-OH is 1. The number of carbonyl (C=O) groups is 1. The number of rotatable bonds is 5. The first-order valence-electron chi connectivity index (χ1n) is 9.60. The van der Waals surface area contributed by atoms with Gasteiger partial charge in [0, 0.05) is 6.54 Å². The molecule has 28 heavy (non-hydrogen) atoms. The lowest BCUT2D eigenvalue weighted by molar-refractivity contribution is -0.124. The summed E-state index contributed by atoms with van der Waals surface area (Å²) in [5.41, 5.74) is 2.13. The molecule has 3 N–H and O–H groups in total. The summed E-state index contributed by atoms with van der Waals surface area (Å²) in [5, 5.41) is 16.3. The molecule has 142 valence electrons. The fourth-order valence-corrected chi connectivity index (χ4v) is 3.97. The second kappa shape index (κ2) is 7.97. The normalized spacial score (nSPS) is 19.3. The third-order valence-corrected chi connectivity index (χ3v) is 5.36. The molecule has 0 radical (unpaired) electrons. The van der Waals surface area contributed by atoms with Crippen LogP contribution in [0.5, 0.6) is 0 Å². The predicted molar refractivity (Wildman–Crippen MR) is 110 cm³/mol. The first-order valence-corrected chi connectivity index (χ1v) is 9.60. The molecule has 3 aromatic rings. The highest BCUT2D eigenvalue weighted by Gasteiger charge is 2.40. The zero-order valence-corrected chi connectivity index (χ0v) is 15.6. The van der Waals surface area contributed by atoms with Gasteiger partial charge in [-0.15, -0.1) is 0 Å². The van der Waals surface area contributed by atoms with E-state index in [1.807, 2.05) is 91.0 Å². The standard InChI is InChI=1S/C24H24N2O2/c27-21-16-22(25-17-21)23(28)26-24(18-10-4-1-5-11-18,19-12-6-2-7-13-19)20-14-8-3-9-15-20/h1-15,21-22,25,27H,16-17H2,(H,26,28)/t21-,22+/m1/s1.